The van der Waals surface area contributed by atoms with E-state index in [1.54, 1.807) is 22.8 Å². The van der Waals surface area contributed by atoms with Crippen LogP contribution in [0.3, 0.4) is 0 Å². The normalized spacial score (nSPS) is 10.8. The molecule has 0 aliphatic heterocycles. The van der Waals surface area contributed by atoms with Crippen molar-refractivity contribution in [3.63, 3.8) is 0 Å². The van der Waals surface area contributed by atoms with Crippen LogP contribution in [0.15, 0.2) is 29.0 Å². The maximum absolute atomic E-state index is 12.0. The Morgan fingerprint density at radius 2 is 2.20 bits per heavy atom. The zero-order chi connectivity index (χ0) is 14.5. The highest BCUT2D eigenvalue weighted by atomic mass is 32.1. The first-order valence-electron chi connectivity index (χ1n) is 5.87. The average Bonchev–Trinajstić information content (AvgIpc) is 3.02. The maximum Gasteiger partial charge on any atom is 0.328 e. The molecular weight excluding hydrogens is 294 g/mol. The van der Waals surface area contributed by atoms with Crippen molar-refractivity contribution < 1.29 is 14.7 Å². The number of aliphatic carboxylic acids is 1. The number of carboxylic acids is 1. The zero-order valence-corrected chi connectivity index (χ0v) is 12.4. The summed E-state index contributed by atoms with van der Waals surface area (Å²) in [5.41, 5.74) is 1.72. The molecule has 0 aromatic carbocycles. The first-order chi connectivity index (χ1) is 9.56. The molecule has 0 fully saturated rings. The number of hydrogen-bond acceptors (Lipinski definition) is 4. The van der Waals surface area contributed by atoms with Gasteiger partial charge in [0, 0.05) is 21.2 Å². The Morgan fingerprint density at radius 3 is 2.85 bits per heavy atom. The van der Waals surface area contributed by atoms with E-state index < -0.39 is 5.97 Å². The molecule has 20 heavy (non-hydrogen) atoms. The van der Waals surface area contributed by atoms with Crippen molar-refractivity contribution >= 4 is 40.6 Å². The molecule has 0 radical (unpaired) electrons. The van der Waals surface area contributed by atoms with Gasteiger partial charge in [0.1, 0.15) is 0 Å². The topological polar surface area (TPSA) is 66.4 Å². The molecule has 2 aromatic heterocycles. The van der Waals surface area contributed by atoms with Crippen LogP contribution >= 0.6 is 22.7 Å². The molecule has 2 aromatic rings. The van der Waals surface area contributed by atoms with E-state index >= 15 is 0 Å². The smallest absolute Gasteiger partial charge is 0.328 e. The summed E-state index contributed by atoms with van der Waals surface area (Å²) >= 11 is 2.95. The molecule has 0 spiro atoms. The largest absolute Gasteiger partial charge is 0.478 e. The molecule has 6 heteroatoms. The molecule has 1 amide bonds. The monoisotopic (exact) mass is 307 g/mol. The van der Waals surface area contributed by atoms with Gasteiger partial charge in [-0.15, -0.1) is 22.7 Å². The summed E-state index contributed by atoms with van der Waals surface area (Å²) in [7, 11) is 0. The molecule has 0 aliphatic carbocycles. The molecule has 4 nitrogen and oxygen atoms in total. The number of thiophene rings is 2. The number of nitrogens with one attached hydrogen (secondary N) is 1. The molecule has 0 unspecified atom stereocenters. The molecule has 0 saturated carbocycles. The van der Waals surface area contributed by atoms with E-state index in [9.17, 15) is 9.59 Å². The maximum atomic E-state index is 12.0. The lowest BCUT2D eigenvalue weighted by Gasteiger charge is -2.02. The Labute approximate surface area is 124 Å². The Morgan fingerprint density at radius 1 is 1.40 bits per heavy atom. The minimum absolute atomic E-state index is 0.149. The molecule has 0 aliphatic rings. The van der Waals surface area contributed by atoms with Crippen molar-refractivity contribution in [1.82, 2.24) is 5.32 Å². The molecule has 2 heterocycles. The van der Waals surface area contributed by atoms with Crippen molar-refractivity contribution in [3.05, 3.63) is 49.9 Å². The van der Waals surface area contributed by atoms with Gasteiger partial charge in [0.05, 0.1) is 12.1 Å². The first-order valence-corrected chi connectivity index (χ1v) is 7.63. The summed E-state index contributed by atoms with van der Waals surface area (Å²) in [6.45, 7) is 2.52. The van der Waals surface area contributed by atoms with Gasteiger partial charge in [-0.25, -0.2) is 4.79 Å². The third-order valence-electron chi connectivity index (χ3n) is 2.65. The molecule has 2 rings (SSSR count). The van der Waals surface area contributed by atoms with E-state index in [-0.39, 0.29) is 5.91 Å². The molecule has 0 bridgehead atoms. The lowest BCUT2D eigenvalue weighted by Crippen LogP contribution is -2.22. The second-order valence-electron chi connectivity index (χ2n) is 4.12. The summed E-state index contributed by atoms with van der Waals surface area (Å²) in [5.74, 6) is -1.15. The van der Waals surface area contributed by atoms with Crippen LogP contribution in [-0.2, 0) is 11.3 Å². The molecule has 0 atom stereocenters. The van der Waals surface area contributed by atoms with Crippen LogP contribution in [0.1, 0.15) is 25.7 Å². The van der Waals surface area contributed by atoms with Crippen LogP contribution < -0.4 is 5.32 Å². The fourth-order valence-electron chi connectivity index (χ4n) is 1.56. The highest BCUT2D eigenvalue weighted by Crippen LogP contribution is 2.18. The second kappa shape index (κ2) is 6.49. The fraction of sp³-hybridized carbons (Fsp3) is 0.143. The number of carboxylic acid groups (broad SMARTS) is 1. The number of amides is 1. The molecular formula is C14H13NO3S2. The van der Waals surface area contributed by atoms with Gasteiger partial charge in [0.15, 0.2) is 0 Å². The van der Waals surface area contributed by atoms with Crippen LogP contribution in [-0.4, -0.2) is 17.0 Å². The lowest BCUT2D eigenvalue weighted by molar-refractivity contribution is -0.131. The van der Waals surface area contributed by atoms with E-state index in [4.69, 9.17) is 5.11 Å². The van der Waals surface area contributed by atoms with E-state index in [0.717, 1.165) is 15.8 Å². The van der Waals surface area contributed by atoms with E-state index in [1.807, 2.05) is 18.4 Å². The summed E-state index contributed by atoms with van der Waals surface area (Å²) in [6, 6.07) is 3.70. The Kier molecular flexibility index (Phi) is 4.70. The van der Waals surface area contributed by atoms with E-state index in [1.165, 1.54) is 23.0 Å². The number of hydrogen-bond donors (Lipinski definition) is 2. The van der Waals surface area contributed by atoms with Gasteiger partial charge in [-0.2, -0.15) is 0 Å². The number of carbonyl (C=O) groups is 2. The van der Waals surface area contributed by atoms with Gasteiger partial charge in [0.25, 0.3) is 5.91 Å². The number of aryl methyl sites for hydroxylation is 1. The van der Waals surface area contributed by atoms with Gasteiger partial charge in [0.2, 0.25) is 0 Å². The van der Waals surface area contributed by atoms with Gasteiger partial charge >= 0.3 is 5.97 Å². The summed E-state index contributed by atoms with van der Waals surface area (Å²) in [6.07, 6.45) is 2.54. The van der Waals surface area contributed by atoms with Crippen molar-refractivity contribution in [2.24, 2.45) is 0 Å². The van der Waals surface area contributed by atoms with Crippen molar-refractivity contribution in [2.75, 3.05) is 0 Å². The third kappa shape index (κ3) is 3.79. The lowest BCUT2D eigenvalue weighted by atomic mass is 10.2. The van der Waals surface area contributed by atoms with Crippen molar-refractivity contribution in [1.29, 1.82) is 0 Å². The number of rotatable bonds is 5. The van der Waals surface area contributed by atoms with Gasteiger partial charge in [-0.05, 0) is 36.1 Å². The standard InChI is InChI=1S/C14H13NO3S2/c1-9-4-5-19-12(9)7-15-14(18)10-6-11(20-8-10)2-3-13(16)17/h2-6,8H,7H2,1H3,(H,15,18)(H,16,17)/b3-2+. The average molecular weight is 307 g/mol. The highest BCUT2D eigenvalue weighted by Gasteiger charge is 2.08. The predicted molar refractivity (Wildman–Crippen MR) is 81.2 cm³/mol. The van der Waals surface area contributed by atoms with Gasteiger partial charge in [-0.1, -0.05) is 0 Å². The highest BCUT2D eigenvalue weighted by molar-refractivity contribution is 7.11. The van der Waals surface area contributed by atoms with Gasteiger partial charge in [-0.3, -0.25) is 4.79 Å². The molecule has 104 valence electrons. The van der Waals surface area contributed by atoms with E-state index in [0.29, 0.717) is 12.1 Å². The summed E-state index contributed by atoms with van der Waals surface area (Å²) in [4.78, 5) is 24.3. The Balaban J connectivity index is 1.96. The minimum atomic E-state index is -1.00. The van der Waals surface area contributed by atoms with Crippen LogP contribution in [0.2, 0.25) is 0 Å². The third-order valence-corrected chi connectivity index (χ3v) is 4.57. The van der Waals surface area contributed by atoms with Crippen LogP contribution in [0, 0.1) is 6.92 Å². The second-order valence-corrected chi connectivity index (χ2v) is 6.06. The zero-order valence-electron chi connectivity index (χ0n) is 10.8. The van der Waals surface area contributed by atoms with Crippen LogP contribution in [0.4, 0.5) is 0 Å². The summed E-state index contributed by atoms with van der Waals surface area (Å²) < 4.78 is 0. The Bertz CT molecular complexity index is 655. The Hall–Kier alpha value is -1.92. The van der Waals surface area contributed by atoms with Crippen molar-refractivity contribution in [3.8, 4) is 0 Å². The molecule has 0 saturated heterocycles. The fourth-order valence-corrected chi connectivity index (χ4v) is 3.19. The van der Waals surface area contributed by atoms with Crippen LogP contribution in [0.5, 0.6) is 0 Å². The summed E-state index contributed by atoms with van der Waals surface area (Å²) in [5, 5.41) is 15.1. The number of carbonyl (C=O) groups excluding carboxylic acids is 1. The first kappa shape index (κ1) is 14.5. The van der Waals surface area contributed by atoms with E-state index in [2.05, 4.69) is 5.32 Å². The van der Waals surface area contributed by atoms with Crippen LogP contribution in [0.25, 0.3) is 6.08 Å². The van der Waals surface area contributed by atoms with Gasteiger partial charge < -0.3 is 10.4 Å². The quantitative estimate of drug-likeness (QED) is 0.834. The predicted octanol–water partition coefficient (Wildman–Crippen LogP) is 3.15. The SMILES string of the molecule is Cc1ccsc1CNC(=O)c1csc(/C=C/C(=O)O)c1. The minimum Gasteiger partial charge on any atom is -0.478 e. The van der Waals surface area contributed by atoms with Crippen molar-refractivity contribution in [2.45, 2.75) is 13.5 Å². The molecule has 2 N–H and O–H groups in total.